The summed E-state index contributed by atoms with van der Waals surface area (Å²) >= 11 is 0. The molecule has 1 heterocycles. The highest BCUT2D eigenvalue weighted by molar-refractivity contribution is 5.97. The number of anilines is 1. The van der Waals surface area contributed by atoms with E-state index in [0.717, 1.165) is 5.56 Å². The highest BCUT2D eigenvalue weighted by atomic mass is 16.6. The molecule has 0 saturated heterocycles. The van der Waals surface area contributed by atoms with Gasteiger partial charge in [0, 0.05) is 11.8 Å². The van der Waals surface area contributed by atoms with Crippen LogP contribution in [-0.2, 0) is 9.53 Å². The Morgan fingerprint density at radius 3 is 2.91 bits per heavy atom. The van der Waals surface area contributed by atoms with Crippen molar-refractivity contribution in [2.75, 3.05) is 11.5 Å². The van der Waals surface area contributed by atoms with Gasteiger partial charge in [-0.3, -0.25) is 4.90 Å². The number of aliphatic carboxylic acids is 1. The van der Waals surface area contributed by atoms with Gasteiger partial charge >= 0.3 is 12.1 Å². The van der Waals surface area contributed by atoms with Gasteiger partial charge in [-0.05, 0) is 18.1 Å². The molecule has 0 unspecified atom stereocenters. The van der Waals surface area contributed by atoms with Crippen LogP contribution in [0.2, 0.25) is 0 Å². The molecule has 1 aromatic rings. The third-order valence-electron chi connectivity index (χ3n) is 4.23. The van der Waals surface area contributed by atoms with Crippen LogP contribution < -0.4 is 4.90 Å². The predicted molar refractivity (Wildman–Crippen MR) is 81.9 cm³/mol. The van der Waals surface area contributed by atoms with E-state index in [1.54, 1.807) is 12.1 Å². The number of hydrogen-bond acceptors (Lipinski definition) is 3. The number of amides is 1. The first kappa shape index (κ1) is 14.4. The number of carbonyl (C=O) groups is 2. The van der Waals surface area contributed by atoms with Crippen molar-refractivity contribution in [3.05, 3.63) is 54.6 Å². The SMILES string of the molecule is C=CCOC(=O)N1c2ccccc2[C@H]2C=CC[C@H]2[C@H]1C(=O)O. The van der Waals surface area contributed by atoms with Gasteiger partial charge in [-0.1, -0.05) is 43.0 Å². The molecular weight excluding hydrogens is 282 g/mol. The molecule has 3 rings (SSSR count). The molecule has 1 N–H and O–H groups in total. The maximum absolute atomic E-state index is 12.4. The molecule has 0 aromatic heterocycles. The van der Waals surface area contributed by atoms with Gasteiger partial charge in [0.05, 0.1) is 5.69 Å². The van der Waals surface area contributed by atoms with E-state index in [2.05, 4.69) is 6.58 Å². The van der Waals surface area contributed by atoms with Crippen molar-refractivity contribution >= 4 is 17.7 Å². The van der Waals surface area contributed by atoms with Crippen LogP contribution in [0.1, 0.15) is 17.9 Å². The number of carboxylic acid groups (broad SMARTS) is 1. The lowest BCUT2D eigenvalue weighted by atomic mass is 9.78. The molecule has 0 bridgehead atoms. The van der Waals surface area contributed by atoms with E-state index in [4.69, 9.17) is 4.74 Å². The molecule has 114 valence electrons. The Morgan fingerprint density at radius 2 is 2.18 bits per heavy atom. The van der Waals surface area contributed by atoms with E-state index >= 15 is 0 Å². The molecule has 22 heavy (non-hydrogen) atoms. The number of rotatable bonds is 3. The number of benzene rings is 1. The molecule has 1 aliphatic carbocycles. The Bertz CT molecular complexity index is 652. The summed E-state index contributed by atoms with van der Waals surface area (Å²) in [5.74, 6) is -1.15. The van der Waals surface area contributed by atoms with E-state index in [0.29, 0.717) is 12.1 Å². The summed E-state index contributed by atoms with van der Waals surface area (Å²) in [4.78, 5) is 25.5. The third kappa shape index (κ3) is 2.19. The molecule has 1 aromatic carbocycles. The number of para-hydroxylation sites is 1. The maximum Gasteiger partial charge on any atom is 0.415 e. The molecule has 1 aliphatic heterocycles. The summed E-state index contributed by atoms with van der Waals surface area (Å²) < 4.78 is 5.10. The van der Waals surface area contributed by atoms with E-state index in [1.807, 2.05) is 24.3 Å². The molecule has 5 heteroatoms. The van der Waals surface area contributed by atoms with Crippen molar-refractivity contribution < 1.29 is 19.4 Å². The first-order valence-electron chi connectivity index (χ1n) is 7.20. The zero-order chi connectivity index (χ0) is 15.7. The van der Waals surface area contributed by atoms with Gasteiger partial charge in [0.15, 0.2) is 0 Å². The van der Waals surface area contributed by atoms with Gasteiger partial charge < -0.3 is 9.84 Å². The maximum atomic E-state index is 12.4. The fourth-order valence-electron chi connectivity index (χ4n) is 3.37. The van der Waals surface area contributed by atoms with Crippen LogP contribution in [-0.4, -0.2) is 29.8 Å². The number of hydrogen-bond donors (Lipinski definition) is 1. The van der Waals surface area contributed by atoms with Crippen LogP contribution in [0.3, 0.4) is 0 Å². The lowest BCUT2D eigenvalue weighted by Gasteiger charge is -2.41. The molecule has 1 amide bonds. The minimum atomic E-state index is -1.01. The number of carboxylic acids is 1. The van der Waals surface area contributed by atoms with Crippen molar-refractivity contribution in [3.8, 4) is 0 Å². The first-order valence-corrected chi connectivity index (χ1v) is 7.20. The number of carbonyl (C=O) groups excluding carboxylic acids is 1. The van der Waals surface area contributed by atoms with E-state index in [1.165, 1.54) is 11.0 Å². The average molecular weight is 299 g/mol. The molecule has 0 spiro atoms. The van der Waals surface area contributed by atoms with E-state index in [9.17, 15) is 14.7 Å². The highest BCUT2D eigenvalue weighted by Gasteiger charge is 2.47. The summed E-state index contributed by atoms with van der Waals surface area (Å²) in [6.07, 6.45) is 5.47. The van der Waals surface area contributed by atoms with Crippen LogP contribution in [0.25, 0.3) is 0 Å². The normalized spacial score (nSPS) is 25.3. The average Bonchev–Trinajstić information content (AvgIpc) is 3.00. The molecular formula is C17H17NO4. The number of allylic oxidation sites excluding steroid dienone is 2. The minimum Gasteiger partial charge on any atom is -0.480 e. The van der Waals surface area contributed by atoms with Gasteiger partial charge in [-0.25, -0.2) is 9.59 Å². The Hall–Kier alpha value is -2.56. The molecule has 0 saturated carbocycles. The Morgan fingerprint density at radius 1 is 1.41 bits per heavy atom. The lowest BCUT2D eigenvalue weighted by Crippen LogP contribution is -2.53. The summed E-state index contributed by atoms with van der Waals surface area (Å²) in [5, 5.41) is 9.66. The van der Waals surface area contributed by atoms with Crippen LogP contribution in [0, 0.1) is 5.92 Å². The van der Waals surface area contributed by atoms with Crippen molar-refractivity contribution in [3.63, 3.8) is 0 Å². The highest BCUT2D eigenvalue weighted by Crippen LogP contribution is 2.47. The number of fused-ring (bicyclic) bond motifs is 3. The van der Waals surface area contributed by atoms with Crippen molar-refractivity contribution in [1.82, 2.24) is 0 Å². The van der Waals surface area contributed by atoms with Gasteiger partial charge in [-0.15, -0.1) is 0 Å². The standard InChI is InChI=1S/C17H17NO4/c1-2-10-22-17(21)18-14-9-4-3-6-12(14)11-7-5-8-13(11)15(18)16(19)20/h2-7,9,11,13,15H,1,8,10H2,(H,19,20)/t11-,13-,15+/m1/s1. The summed E-state index contributed by atoms with van der Waals surface area (Å²) in [6, 6.07) is 6.48. The fourth-order valence-corrected chi connectivity index (χ4v) is 3.37. The second-order valence-electron chi connectivity index (χ2n) is 5.43. The third-order valence-corrected chi connectivity index (χ3v) is 4.23. The zero-order valence-electron chi connectivity index (χ0n) is 12.0. The number of nitrogens with zero attached hydrogens (tertiary/aromatic N) is 1. The van der Waals surface area contributed by atoms with Crippen LogP contribution in [0.15, 0.2) is 49.1 Å². The zero-order valence-corrected chi connectivity index (χ0v) is 12.0. The first-order chi connectivity index (χ1) is 10.6. The monoisotopic (exact) mass is 299 g/mol. The van der Waals surface area contributed by atoms with Crippen molar-refractivity contribution in [2.24, 2.45) is 5.92 Å². The second kappa shape index (κ2) is 5.67. The van der Waals surface area contributed by atoms with Crippen LogP contribution in [0.5, 0.6) is 0 Å². The van der Waals surface area contributed by atoms with Gasteiger partial charge in [0.25, 0.3) is 0 Å². The van der Waals surface area contributed by atoms with E-state index < -0.39 is 18.1 Å². The Kier molecular flexibility index (Phi) is 3.71. The van der Waals surface area contributed by atoms with Crippen molar-refractivity contribution in [2.45, 2.75) is 18.4 Å². The summed E-state index contributed by atoms with van der Waals surface area (Å²) in [6.45, 7) is 3.56. The molecule has 0 fully saturated rings. The molecule has 2 aliphatic rings. The fraction of sp³-hybridized carbons (Fsp3) is 0.294. The van der Waals surface area contributed by atoms with Gasteiger partial charge in [0.1, 0.15) is 12.6 Å². The van der Waals surface area contributed by atoms with Gasteiger partial charge in [-0.2, -0.15) is 0 Å². The largest absolute Gasteiger partial charge is 0.480 e. The smallest absolute Gasteiger partial charge is 0.415 e. The second-order valence-corrected chi connectivity index (χ2v) is 5.43. The van der Waals surface area contributed by atoms with E-state index in [-0.39, 0.29) is 18.4 Å². The Balaban J connectivity index is 2.08. The molecule has 0 radical (unpaired) electrons. The predicted octanol–water partition coefficient (Wildman–Crippen LogP) is 2.94. The topological polar surface area (TPSA) is 66.8 Å². The molecule has 3 atom stereocenters. The van der Waals surface area contributed by atoms with Crippen molar-refractivity contribution in [1.29, 1.82) is 0 Å². The lowest BCUT2D eigenvalue weighted by molar-refractivity contribution is -0.140. The molecule has 5 nitrogen and oxygen atoms in total. The number of ether oxygens (including phenoxy) is 1. The quantitative estimate of drug-likeness (QED) is 0.871. The van der Waals surface area contributed by atoms with Gasteiger partial charge in [0.2, 0.25) is 0 Å². The summed E-state index contributed by atoms with van der Waals surface area (Å²) in [7, 11) is 0. The van der Waals surface area contributed by atoms with Crippen LogP contribution in [0.4, 0.5) is 10.5 Å². The minimum absolute atomic E-state index is 0.0285. The Labute approximate surface area is 128 Å². The summed E-state index contributed by atoms with van der Waals surface area (Å²) in [5.41, 5.74) is 1.58. The van der Waals surface area contributed by atoms with Crippen LogP contribution >= 0.6 is 0 Å².